The Morgan fingerprint density at radius 3 is 2.70 bits per heavy atom. The van der Waals surface area contributed by atoms with Gasteiger partial charge in [-0.05, 0) is 60.2 Å². The van der Waals surface area contributed by atoms with Crippen LogP contribution in [0.1, 0.15) is 38.6 Å². The van der Waals surface area contributed by atoms with Crippen molar-refractivity contribution in [2.75, 3.05) is 5.73 Å². The van der Waals surface area contributed by atoms with Crippen LogP contribution in [0.3, 0.4) is 0 Å². The van der Waals surface area contributed by atoms with Crippen LogP contribution in [0.25, 0.3) is 11.4 Å². The fourth-order valence-electron chi connectivity index (χ4n) is 2.82. The van der Waals surface area contributed by atoms with Gasteiger partial charge in [-0.3, -0.25) is 0 Å². The van der Waals surface area contributed by atoms with Gasteiger partial charge < -0.3 is 5.73 Å². The normalized spacial score (nSPS) is 22.9. The third-order valence-electron chi connectivity index (χ3n) is 4.06. The Hall–Kier alpha value is -1.62. The second kappa shape index (κ2) is 5.40. The average molecular weight is 292 g/mol. The molecule has 0 unspecified atom stereocenters. The number of hydrogen-bond donors (Lipinski definition) is 1. The first-order valence-corrected chi connectivity index (χ1v) is 7.36. The van der Waals surface area contributed by atoms with Crippen molar-refractivity contribution in [1.82, 2.24) is 20.2 Å². The molecule has 20 heavy (non-hydrogen) atoms. The highest BCUT2D eigenvalue weighted by Gasteiger charge is 2.24. The fraction of sp³-hybridized carbons (Fsp3) is 0.500. The summed E-state index contributed by atoms with van der Waals surface area (Å²) in [5.74, 6) is 1.53. The van der Waals surface area contributed by atoms with Gasteiger partial charge in [0.05, 0.1) is 11.1 Å². The largest absolute Gasteiger partial charge is 0.399 e. The molecular formula is C14H18ClN5. The van der Waals surface area contributed by atoms with E-state index in [9.17, 15) is 0 Å². The number of tetrazole rings is 1. The number of hydrogen-bond acceptors (Lipinski definition) is 4. The Labute approximate surface area is 123 Å². The molecule has 0 amide bonds. The third kappa shape index (κ3) is 2.50. The first-order chi connectivity index (χ1) is 9.65. The van der Waals surface area contributed by atoms with E-state index >= 15 is 0 Å². The lowest BCUT2D eigenvalue weighted by Gasteiger charge is -2.26. The van der Waals surface area contributed by atoms with Crippen LogP contribution in [0, 0.1) is 5.92 Å². The first kappa shape index (κ1) is 13.4. The van der Waals surface area contributed by atoms with Crippen LogP contribution in [0.5, 0.6) is 0 Å². The molecule has 0 spiro atoms. The molecule has 1 heterocycles. The number of nitrogens with zero attached hydrogens (tertiary/aromatic N) is 4. The van der Waals surface area contributed by atoms with Gasteiger partial charge in [0.1, 0.15) is 0 Å². The Balaban J connectivity index is 1.93. The third-order valence-corrected chi connectivity index (χ3v) is 4.37. The molecule has 0 atom stereocenters. The summed E-state index contributed by atoms with van der Waals surface area (Å²) in [6, 6.07) is 5.80. The number of benzene rings is 1. The van der Waals surface area contributed by atoms with Crippen molar-refractivity contribution < 1.29 is 0 Å². The zero-order valence-corrected chi connectivity index (χ0v) is 12.2. The van der Waals surface area contributed by atoms with E-state index < -0.39 is 0 Å². The van der Waals surface area contributed by atoms with Crippen molar-refractivity contribution >= 4 is 17.3 Å². The van der Waals surface area contributed by atoms with Crippen LogP contribution < -0.4 is 5.73 Å². The highest BCUT2D eigenvalue weighted by molar-refractivity contribution is 6.33. The second-order valence-corrected chi connectivity index (χ2v) is 6.01. The number of nitrogen functional groups attached to an aromatic ring is 1. The van der Waals surface area contributed by atoms with Crippen molar-refractivity contribution in [3.05, 3.63) is 23.2 Å². The molecule has 2 aromatic rings. The molecule has 1 aromatic heterocycles. The van der Waals surface area contributed by atoms with E-state index in [-0.39, 0.29) is 0 Å². The van der Waals surface area contributed by atoms with Gasteiger partial charge in [0, 0.05) is 11.3 Å². The molecule has 1 aromatic carbocycles. The maximum Gasteiger partial charge on any atom is 0.183 e. The molecule has 106 valence electrons. The summed E-state index contributed by atoms with van der Waals surface area (Å²) in [5, 5.41) is 12.7. The van der Waals surface area contributed by atoms with E-state index in [2.05, 4.69) is 22.4 Å². The zero-order valence-electron chi connectivity index (χ0n) is 11.5. The van der Waals surface area contributed by atoms with E-state index in [0.717, 1.165) is 30.1 Å². The summed E-state index contributed by atoms with van der Waals surface area (Å²) in [7, 11) is 0. The van der Waals surface area contributed by atoms with Gasteiger partial charge >= 0.3 is 0 Å². The highest BCUT2D eigenvalue weighted by Crippen LogP contribution is 2.35. The first-order valence-electron chi connectivity index (χ1n) is 6.98. The number of halogens is 1. The van der Waals surface area contributed by atoms with Gasteiger partial charge in [0.15, 0.2) is 5.82 Å². The maximum atomic E-state index is 6.27. The minimum atomic E-state index is 0.366. The molecule has 5 nitrogen and oxygen atoms in total. The molecule has 0 radical (unpaired) electrons. The van der Waals surface area contributed by atoms with E-state index in [4.69, 9.17) is 17.3 Å². The number of nitrogens with two attached hydrogens (primary N) is 1. The lowest BCUT2D eigenvalue weighted by atomic mass is 9.87. The smallest absolute Gasteiger partial charge is 0.183 e. The molecule has 3 rings (SSSR count). The molecule has 0 aliphatic heterocycles. The van der Waals surface area contributed by atoms with Crippen LogP contribution in [0.2, 0.25) is 5.02 Å². The van der Waals surface area contributed by atoms with E-state index in [1.165, 1.54) is 12.8 Å². The molecule has 1 aliphatic carbocycles. The molecule has 1 aliphatic rings. The minimum Gasteiger partial charge on any atom is -0.399 e. The Morgan fingerprint density at radius 2 is 2.00 bits per heavy atom. The van der Waals surface area contributed by atoms with Crippen molar-refractivity contribution in [2.45, 2.75) is 38.6 Å². The second-order valence-electron chi connectivity index (χ2n) is 5.60. The van der Waals surface area contributed by atoms with Crippen molar-refractivity contribution in [3.63, 3.8) is 0 Å². The van der Waals surface area contributed by atoms with Crippen LogP contribution in [-0.2, 0) is 0 Å². The fourth-order valence-corrected chi connectivity index (χ4v) is 3.09. The zero-order chi connectivity index (χ0) is 14.1. The highest BCUT2D eigenvalue weighted by atomic mass is 35.5. The molecule has 1 saturated carbocycles. The lowest BCUT2D eigenvalue weighted by molar-refractivity contribution is 0.272. The average Bonchev–Trinajstić information content (AvgIpc) is 2.88. The summed E-state index contributed by atoms with van der Waals surface area (Å²) in [4.78, 5) is 0. The van der Waals surface area contributed by atoms with Gasteiger partial charge in [-0.25, -0.2) is 4.68 Å². The van der Waals surface area contributed by atoms with E-state index in [1.54, 1.807) is 6.07 Å². The topological polar surface area (TPSA) is 69.6 Å². The van der Waals surface area contributed by atoms with Crippen LogP contribution in [0.4, 0.5) is 5.69 Å². The lowest BCUT2D eigenvalue weighted by Crippen LogP contribution is -2.18. The SMILES string of the molecule is CC1CCC(n2nnnc2-c2ccc(N)cc2Cl)CC1. The molecule has 2 N–H and O–H groups in total. The predicted molar refractivity (Wildman–Crippen MR) is 79.3 cm³/mol. The summed E-state index contributed by atoms with van der Waals surface area (Å²) in [6.07, 6.45) is 4.68. The molecule has 0 bridgehead atoms. The summed E-state index contributed by atoms with van der Waals surface area (Å²) < 4.78 is 1.92. The maximum absolute atomic E-state index is 6.27. The molecular weight excluding hydrogens is 274 g/mol. The molecule has 1 fully saturated rings. The van der Waals surface area contributed by atoms with Gasteiger partial charge in [0.2, 0.25) is 0 Å². The Bertz CT molecular complexity index is 601. The quantitative estimate of drug-likeness (QED) is 0.862. The van der Waals surface area contributed by atoms with Crippen LogP contribution in [0.15, 0.2) is 18.2 Å². The minimum absolute atomic E-state index is 0.366. The van der Waals surface area contributed by atoms with Crippen molar-refractivity contribution in [3.8, 4) is 11.4 Å². The van der Waals surface area contributed by atoms with Crippen molar-refractivity contribution in [1.29, 1.82) is 0 Å². The Kier molecular flexibility index (Phi) is 3.61. The van der Waals surface area contributed by atoms with Crippen LogP contribution in [-0.4, -0.2) is 20.2 Å². The Morgan fingerprint density at radius 1 is 1.25 bits per heavy atom. The van der Waals surface area contributed by atoms with Gasteiger partial charge in [-0.2, -0.15) is 0 Å². The summed E-state index contributed by atoms with van der Waals surface area (Å²) in [5.41, 5.74) is 7.21. The number of anilines is 1. The van der Waals surface area contributed by atoms with Gasteiger partial charge in [-0.1, -0.05) is 18.5 Å². The predicted octanol–water partition coefficient (Wildman–Crippen LogP) is 3.33. The molecule has 6 heteroatoms. The number of aromatic nitrogens is 4. The summed E-state index contributed by atoms with van der Waals surface area (Å²) >= 11 is 6.27. The van der Waals surface area contributed by atoms with E-state index in [1.807, 2.05) is 16.8 Å². The standard InChI is InChI=1S/C14H18ClN5/c1-9-2-5-11(6-3-9)20-14(17-18-19-20)12-7-4-10(16)8-13(12)15/h4,7-9,11H,2-3,5-6,16H2,1H3. The monoisotopic (exact) mass is 291 g/mol. The van der Waals surface area contributed by atoms with E-state index in [0.29, 0.717) is 16.8 Å². The van der Waals surface area contributed by atoms with Crippen molar-refractivity contribution in [2.24, 2.45) is 5.92 Å². The summed E-state index contributed by atoms with van der Waals surface area (Å²) in [6.45, 7) is 2.30. The number of rotatable bonds is 2. The van der Waals surface area contributed by atoms with Gasteiger partial charge in [-0.15, -0.1) is 5.10 Å². The molecule has 0 saturated heterocycles. The van der Waals surface area contributed by atoms with Gasteiger partial charge in [0.25, 0.3) is 0 Å². The van der Waals surface area contributed by atoms with Crippen LogP contribution >= 0.6 is 11.6 Å².